The van der Waals surface area contributed by atoms with Crippen molar-refractivity contribution >= 4 is 11.6 Å². The number of carbonyl (C=O) groups excluding carboxylic acids is 1. The maximum atomic E-state index is 13.1. The third-order valence-electron chi connectivity index (χ3n) is 3.83. The Bertz CT molecular complexity index is 839. The Morgan fingerprint density at radius 2 is 1.69 bits per heavy atom. The quantitative estimate of drug-likeness (QED) is 0.618. The van der Waals surface area contributed by atoms with Crippen LogP contribution in [0.25, 0.3) is 0 Å². The predicted octanol–water partition coefficient (Wildman–Crippen LogP) is 4.39. The molecule has 0 saturated carbocycles. The normalized spacial score (nSPS) is 11.1. The SMILES string of the molecule is CCOc1ccc(C(=O)Nc2cc(C(F)(F)F)ccc2OCCOC)cc1OC. The highest BCUT2D eigenvalue weighted by Gasteiger charge is 2.31. The van der Waals surface area contributed by atoms with E-state index in [9.17, 15) is 18.0 Å². The summed E-state index contributed by atoms with van der Waals surface area (Å²) in [7, 11) is 2.90. The second kappa shape index (κ2) is 10.0. The number of amides is 1. The Morgan fingerprint density at radius 3 is 2.31 bits per heavy atom. The summed E-state index contributed by atoms with van der Waals surface area (Å²) >= 11 is 0. The second-order valence-corrected chi connectivity index (χ2v) is 5.80. The number of hydrogen-bond acceptors (Lipinski definition) is 5. The molecule has 29 heavy (non-hydrogen) atoms. The second-order valence-electron chi connectivity index (χ2n) is 5.80. The molecule has 0 spiro atoms. The van der Waals surface area contributed by atoms with Crippen molar-refractivity contribution in [1.29, 1.82) is 0 Å². The van der Waals surface area contributed by atoms with Gasteiger partial charge in [-0.25, -0.2) is 0 Å². The zero-order chi connectivity index (χ0) is 21.4. The number of rotatable bonds is 9. The topological polar surface area (TPSA) is 66.0 Å². The molecule has 1 N–H and O–H groups in total. The molecule has 0 aliphatic carbocycles. The molecular weight excluding hydrogens is 391 g/mol. The Morgan fingerprint density at radius 1 is 0.966 bits per heavy atom. The van der Waals surface area contributed by atoms with Crippen LogP contribution < -0.4 is 19.5 Å². The van der Waals surface area contributed by atoms with E-state index in [0.29, 0.717) is 18.1 Å². The molecule has 1 amide bonds. The number of ether oxygens (including phenoxy) is 4. The molecule has 0 aromatic heterocycles. The number of nitrogens with one attached hydrogen (secondary N) is 1. The Kier molecular flexibility index (Phi) is 7.72. The van der Waals surface area contributed by atoms with Crippen LogP contribution in [0.2, 0.25) is 0 Å². The third kappa shape index (κ3) is 6.02. The summed E-state index contributed by atoms with van der Waals surface area (Å²) in [6.45, 7) is 2.57. The van der Waals surface area contributed by atoms with Crippen LogP contribution in [0.1, 0.15) is 22.8 Å². The van der Waals surface area contributed by atoms with Gasteiger partial charge in [0.1, 0.15) is 12.4 Å². The first-order valence-electron chi connectivity index (χ1n) is 8.75. The van der Waals surface area contributed by atoms with Crippen molar-refractivity contribution in [1.82, 2.24) is 0 Å². The number of benzene rings is 2. The van der Waals surface area contributed by atoms with Gasteiger partial charge in [0.15, 0.2) is 11.5 Å². The van der Waals surface area contributed by atoms with Gasteiger partial charge in [-0.2, -0.15) is 13.2 Å². The van der Waals surface area contributed by atoms with Gasteiger partial charge in [-0.05, 0) is 43.3 Å². The summed E-state index contributed by atoms with van der Waals surface area (Å²) < 4.78 is 60.1. The van der Waals surface area contributed by atoms with E-state index in [1.54, 1.807) is 13.0 Å². The zero-order valence-corrected chi connectivity index (χ0v) is 16.3. The molecule has 0 atom stereocenters. The summed E-state index contributed by atoms with van der Waals surface area (Å²) in [6, 6.07) is 7.36. The van der Waals surface area contributed by atoms with E-state index in [4.69, 9.17) is 18.9 Å². The van der Waals surface area contributed by atoms with E-state index >= 15 is 0 Å². The van der Waals surface area contributed by atoms with Gasteiger partial charge in [0.05, 0.1) is 31.6 Å². The van der Waals surface area contributed by atoms with Gasteiger partial charge < -0.3 is 24.3 Å². The van der Waals surface area contributed by atoms with E-state index < -0.39 is 17.6 Å². The molecule has 0 unspecified atom stereocenters. The lowest BCUT2D eigenvalue weighted by atomic mass is 10.1. The van der Waals surface area contributed by atoms with Crippen LogP contribution >= 0.6 is 0 Å². The fraction of sp³-hybridized carbons (Fsp3) is 0.350. The van der Waals surface area contributed by atoms with Crippen LogP contribution in [0.5, 0.6) is 17.2 Å². The van der Waals surface area contributed by atoms with E-state index in [1.807, 2.05) is 0 Å². The number of methoxy groups -OCH3 is 2. The molecule has 0 aliphatic rings. The fourth-order valence-corrected chi connectivity index (χ4v) is 2.44. The summed E-state index contributed by atoms with van der Waals surface area (Å²) in [5.74, 6) is 0.262. The standard InChI is InChI=1S/C20H22F3NO5/c1-4-28-17-7-5-13(11-18(17)27-3)19(25)24-15-12-14(20(21,22)23)6-8-16(15)29-10-9-26-2/h5-8,11-12H,4,9-10H2,1-3H3,(H,24,25). The van der Waals surface area contributed by atoms with Crippen LogP contribution in [-0.2, 0) is 10.9 Å². The molecule has 0 heterocycles. The molecule has 0 aliphatic heterocycles. The average molecular weight is 413 g/mol. The summed E-state index contributed by atoms with van der Waals surface area (Å²) in [5, 5.41) is 2.47. The van der Waals surface area contributed by atoms with Gasteiger partial charge in [0.2, 0.25) is 0 Å². The zero-order valence-electron chi connectivity index (χ0n) is 16.3. The minimum absolute atomic E-state index is 0.0984. The van der Waals surface area contributed by atoms with Crippen LogP contribution in [0.3, 0.4) is 0 Å². The van der Waals surface area contributed by atoms with Crippen molar-refractivity contribution in [3.8, 4) is 17.2 Å². The van der Waals surface area contributed by atoms with Crippen LogP contribution in [0.4, 0.5) is 18.9 Å². The highest BCUT2D eigenvalue weighted by molar-refractivity contribution is 6.05. The van der Waals surface area contributed by atoms with Crippen LogP contribution in [-0.4, -0.2) is 39.9 Å². The van der Waals surface area contributed by atoms with Crippen molar-refractivity contribution < 1.29 is 36.9 Å². The molecule has 9 heteroatoms. The van der Waals surface area contributed by atoms with Gasteiger partial charge >= 0.3 is 6.18 Å². The van der Waals surface area contributed by atoms with E-state index in [0.717, 1.165) is 18.2 Å². The van der Waals surface area contributed by atoms with Gasteiger partial charge in [-0.1, -0.05) is 0 Å². The fourth-order valence-electron chi connectivity index (χ4n) is 2.44. The predicted molar refractivity (Wildman–Crippen MR) is 101 cm³/mol. The Hall–Kier alpha value is -2.94. The van der Waals surface area contributed by atoms with E-state index in [1.165, 1.54) is 26.4 Å². The molecule has 0 saturated heterocycles. The Balaban J connectivity index is 2.31. The average Bonchev–Trinajstić information content (AvgIpc) is 2.68. The molecule has 6 nitrogen and oxygen atoms in total. The lowest BCUT2D eigenvalue weighted by Gasteiger charge is -2.16. The number of alkyl halides is 3. The van der Waals surface area contributed by atoms with Gasteiger partial charge in [0, 0.05) is 12.7 Å². The van der Waals surface area contributed by atoms with Gasteiger partial charge in [-0.15, -0.1) is 0 Å². The summed E-state index contributed by atoms with van der Waals surface area (Å²) in [4.78, 5) is 12.6. The first-order chi connectivity index (χ1) is 13.8. The molecular formula is C20H22F3NO5. The van der Waals surface area contributed by atoms with Crippen molar-refractivity contribution in [2.75, 3.05) is 39.4 Å². The minimum atomic E-state index is -4.56. The molecule has 158 valence electrons. The summed E-state index contributed by atoms with van der Waals surface area (Å²) in [5.41, 5.74) is -0.824. The first kappa shape index (κ1) is 22.4. The van der Waals surface area contributed by atoms with E-state index in [2.05, 4.69) is 5.32 Å². The number of hydrogen-bond donors (Lipinski definition) is 1. The highest BCUT2D eigenvalue weighted by Crippen LogP contribution is 2.35. The van der Waals surface area contributed by atoms with Gasteiger partial charge in [0.25, 0.3) is 5.91 Å². The number of carbonyl (C=O) groups is 1. The van der Waals surface area contributed by atoms with Crippen molar-refractivity contribution in [2.45, 2.75) is 13.1 Å². The van der Waals surface area contributed by atoms with Crippen molar-refractivity contribution in [3.63, 3.8) is 0 Å². The molecule has 0 fully saturated rings. The molecule has 2 rings (SSSR count). The van der Waals surface area contributed by atoms with Crippen molar-refractivity contribution in [2.24, 2.45) is 0 Å². The lowest BCUT2D eigenvalue weighted by molar-refractivity contribution is -0.137. The molecule has 2 aromatic carbocycles. The maximum absolute atomic E-state index is 13.1. The molecule has 2 aromatic rings. The first-order valence-corrected chi connectivity index (χ1v) is 8.75. The van der Waals surface area contributed by atoms with Gasteiger partial charge in [-0.3, -0.25) is 4.79 Å². The third-order valence-corrected chi connectivity index (χ3v) is 3.83. The smallest absolute Gasteiger partial charge is 0.416 e. The summed E-state index contributed by atoms with van der Waals surface area (Å²) in [6.07, 6.45) is -4.56. The Labute approximate surface area is 166 Å². The number of halogens is 3. The lowest BCUT2D eigenvalue weighted by Crippen LogP contribution is -2.15. The minimum Gasteiger partial charge on any atom is -0.493 e. The monoisotopic (exact) mass is 413 g/mol. The largest absolute Gasteiger partial charge is 0.493 e. The van der Waals surface area contributed by atoms with Crippen LogP contribution in [0, 0.1) is 0 Å². The highest BCUT2D eigenvalue weighted by atomic mass is 19.4. The number of anilines is 1. The maximum Gasteiger partial charge on any atom is 0.416 e. The molecule has 0 radical (unpaired) electrons. The van der Waals surface area contributed by atoms with Crippen molar-refractivity contribution in [3.05, 3.63) is 47.5 Å². The molecule has 0 bridgehead atoms. The van der Waals surface area contributed by atoms with Crippen LogP contribution in [0.15, 0.2) is 36.4 Å². The van der Waals surface area contributed by atoms with E-state index in [-0.39, 0.29) is 30.2 Å².